The van der Waals surface area contributed by atoms with E-state index in [-0.39, 0.29) is 12.1 Å². The number of para-hydroxylation sites is 1. The van der Waals surface area contributed by atoms with Gasteiger partial charge >= 0.3 is 6.18 Å². The second-order valence-electron chi connectivity index (χ2n) is 6.83. The van der Waals surface area contributed by atoms with Crippen LogP contribution in [0.4, 0.5) is 13.2 Å². The summed E-state index contributed by atoms with van der Waals surface area (Å²) >= 11 is 0. The molecule has 0 aliphatic rings. The molecule has 5 heteroatoms. The van der Waals surface area contributed by atoms with Crippen molar-refractivity contribution in [3.05, 3.63) is 95.7 Å². The first-order valence-electron chi connectivity index (χ1n) is 9.16. The molecule has 0 N–H and O–H groups in total. The molecule has 3 aromatic carbocycles. The summed E-state index contributed by atoms with van der Waals surface area (Å²) in [5, 5.41) is 0.455. The summed E-state index contributed by atoms with van der Waals surface area (Å²) in [5.74, 6) is 0.693. The zero-order valence-corrected chi connectivity index (χ0v) is 15.7. The quantitative estimate of drug-likeness (QED) is 0.380. The van der Waals surface area contributed by atoms with Gasteiger partial charge < -0.3 is 4.74 Å². The maximum atomic E-state index is 13.5. The summed E-state index contributed by atoms with van der Waals surface area (Å²) in [4.78, 5) is 4.16. The van der Waals surface area contributed by atoms with Crippen LogP contribution in [0.15, 0.2) is 79.0 Å². The summed E-state index contributed by atoms with van der Waals surface area (Å²) in [5.41, 5.74) is 2.57. The molecule has 1 heterocycles. The number of aryl methyl sites for hydroxylation is 1. The number of aromatic nitrogens is 1. The lowest BCUT2D eigenvalue weighted by molar-refractivity contribution is -0.136. The third-order valence-corrected chi connectivity index (χ3v) is 4.76. The normalized spacial score (nSPS) is 11.6. The van der Waals surface area contributed by atoms with Gasteiger partial charge in [0.25, 0.3) is 0 Å². The number of hydrogen-bond donors (Lipinski definition) is 0. The lowest BCUT2D eigenvalue weighted by Gasteiger charge is -2.16. The van der Waals surface area contributed by atoms with E-state index in [1.54, 1.807) is 6.07 Å². The molecule has 4 rings (SSSR count). The average molecular weight is 393 g/mol. The average Bonchev–Trinajstić information content (AvgIpc) is 2.72. The van der Waals surface area contributed by atoms with Crippen molar-refractivity contribution in [2.75, 3.05) is 0 Å². The zero-order chi connectivity index (χ0) is 20.4. The van der Waals surface area contributed by atoms with Crippen LogP contribution in [0, 0.1) is 6.92 Å². The highest BCUT2D eigenvalue weighted by molar-refractivity contribution is 5.97. The van der Waals surface area contributed by atoms with E-state index in [9.17, 15) is 13.2 Å². The number of hydrogen-bond acceptors (Lipinski definition) is 2. The van der Waals surface area contributed by atoms with Crippen molar-refractivity contribution >= 4 is 10.9 Å². The van der Waals surface area contributed by atoms with E-state index >= 15 is 0 Å². The van der Waals surface area contributed by atoms with Gasteiger partial charge in [0.1, 0.15) is 12.4 Å². The number of halogens is 3. The molecule has 1 aromatic heterocycles. The van der Waals surface area contributed by atoms with E-state index in [1.807, 2.05) is 61.5 Å². The molecule has 0 bridgehead atoms. The van der Waals surface area contributed by atoms with Crippen molar-refractivity contribution in [2.24, 2.45) is 0 Å². The van der Waals surface area contributed by atoms with Gasteiger partial charge in [0.15, 0.2) is 0 Å². The summed E-state index contributed by atoms with van der Waals surface area (Å²) in [6.45, 7) is 2.19. The van der Waals surface area contributed by atoms with Crippen LogP contribution in [0.3, 0.4) is 0 Å². The van der Waals surface area contributed by atoms with Crippen molar-refractivity contribution in [3.63, 3.8) is 0 Å². The van der Waals surface area contributed by atoms with Gasteiger partial charge in [0, 0.05) is 17.1 Å². The van der Waals surface area contributed by atoms with Crippen LogP contribution in [0.2, 0.25) is 0 Å². The molecule has 0 atom stereocenters. The van der Waals surface area contributed by atoms with E-state index in [0.29, 0.717) is 16.7 Å². The predicted molar refractivity (Wildman–Crippen MR) is 108 cm³/mol. The minimum atomic E-state index is -4.47. The van der Waals surface area contributed by atoms with Crippen LogP contribution in [0.25, 0.3) is 22.0 Å². The molecule has 146 valence electrons. The Morgan fingerprint density at radius 3 is 2.28 bits per heavy atom. The van der Waals surface area contributed by atoms with Crippen LogP contribution in [0.1, 0.15) is 16.7 Å². The minimum Gasteiger partial charge on any atom is -0.489 e. The molecule has 0 aliphatic carbocycles. The first-order valence-corrected chi connectivity index (χ1v) is 9.16. The molecule has 4 aromatic rings. The van der Waals surface area contributed by atoms with Crippen molar-refractivity contribution in [1.29, 1.82) is 0 Å². The number of pyridine rings is 1. The van der Waals surface area contributed by atoms with Crippen LogP contribution in [-0.4, -0.2) is 4.98 Å². The lowest BCUT2D eigenvalue weighted by atomic mass is 9.95. The van der Waals surface area contributed by atoms with Gasteiger partial charge in [-0.15, -0.1) is 0 Å². The summed E-state index contributed by atoms with van der Waals surface area (Å²) in [7, 11) is 0. The molecule has 0 spiro atoms. The van der Waals surface area contributed by atoms with Crippen LogP contribution >= 0.6 is 0 Å². The van der Waals surface area contributed by atoms with Gasteiger partial charge in [-0.1, -0.05) is 60.2 Å². The fourth-order valence-electron chi connectivity index (χ4n) is 3.34. The van der Waals surface area contributed by atoms with E-state index in [1.165, 1.54) is 12.3 Å². The smallest absolute Gasteiger partial charge is 0.418 e. The zero-order valence-electron chi connectivity index (χ0n) is 15.7. The highest BCUT2D eigenvalue weighted by Gasteiger charge is 2.33. The van der Waals surface area contributed by atoms with Crippen LogP contribution < -0.4 is 4.74 Å². The summed E-state index contributed by atoms with van der Waals surface area (Å²) in [6, 6.07) is 21.1. The number of fused-ring (bicyclic) bond motifs is 1. The molecule has 0 saturated heterocycles. The molecule has 0 fully saturated rings. The Hall–Kier alpha value is -3.34. The fourth-order valence-corrected chi connectivity index (χ4v) is 3.34. The number of ether oxygens (including phenoxy) is 1. The molecule has 0 aliphatic heterocycles. The van der Waals surface area contributed by atoms with Gasteiger partial charge in [-0.3, -0.25) is 4.98 Å². The molecular formula is C24H18F3NO. The molecule has 0 saturated carbocycles. The number of benzene rings is 3. The predicted octanol–water partition coefficient (Wildman–Crippen LogP) is 6.81. The van der Waals surface area contributed by atoms with Crippen molar-refractivity contribution in [2.45, 2.75) is 19.7 Å². The van der Waals surface area contributed by atoms with E-state index in [2.05, 4.69) is 4.98 Å². The fraction of sp³-hybridized carbons (Fsp3) is 0.125. The molecular weight excluding hydrogens is 375 g/mol. The van der Waals surface area contributed by atoms with E-state index < -0.39 is 11.7 Å². The number of rotatable bonds is 4. The Kier molecular flexibility index (Phi) is 4.97. The Labute approximate surface area is 166 Å². The molecule has 0 unspecified atom stereocenters. The van der Waals surface area contributed by atoms with Crippen LogP contribution in [0.5, 0.6) is 5.75 Å². The molecule has 29 heavy (non-hydrogen) atoms. The van der Waals surface area contributed by atoms with E-state index in [0.717, 1.165) is 22.8 Å². The van der Waals surface area contributed by atoms with Gasteiger partial charge in [0.2, 0.25) is 0 Å². The first kappa shape index (κ1) is 19.0. The molecule has 0 amide bonds. The Morgan fingerprint density at radius 1 is 0.862 bits per heavy atom. The largest absolute Gasteiger partial charge is 0.489 e. The van der Waals surface area contributed by atoms with Crippen molar-refractivity contribution < 1.29 is 17.9 Å². The lowest BCUT2D eigenvalue weighted by Crippen LogP contribution is -2.08. The second kappa shape index (κ2) is 7.59. The Balaban J connectivity index is 1.84. The SMILES string of the molecule is Cc1ccc(OCc2cnc3c(C(F)(F)F)cccc3c2-c2ccccc2)cc1. The highest BCUT2D eigenvalue weighted by Crippen LogP contribution is 2.38. The topological polar surface area (TPSA) is 22.1 Å². The second-order valence-corrected chi connectivity index (χ2v) is 6.83. The van der Waals surface area contributed by atoms with Gasteiger partial charge in [-0.25, -0.2) is 0 Å². The van der Waals surface area contributed by atoms with Crippen LogP contribution in [-0.2, 0) is 12.8 Å². The number of nitrogens with zero attached hydrogens (tertiary/aromatic N) is 1. The third kappa shape index (κ3) is 3.94. The minimum absolute atomic E-state index is 0.0575. The van der Waals surface area contributed by atoms with Gasteiger partial charge in [0.05, 0.1) is 11.1 Å². The van der Waals surface area contributed by atoms with E-state index in [4.69, 9.17) is 4.74 Å². The van der Waals surface area contributed by atoms with Gasteiger partial charge in [-0.05, 0) is 36.2 Å². The van der Waals surface area contributed by atoms with Gasteiger partial charge in [-0.2, -0.15) is 13.2 Å². The maximum absolute atomic E-state index is 13.5. The van der Waals surface area contributed by atoms with Crippen molar-refractivity contribution in [1.82, 2.24) is 4.98 Å². The Morgan fingerprint density at radius 2 is 1.59 bits per heavy atom. The number of alkyl halides is 3. The monoisotopic (exact) mass is 393 g/mol. The standard InChI is InChI=1S/C24H18F3NO/c1-16-10-12-19(13-11-16)29-15-18-14-28-23-20(8-5-9-21(23)24(25,26)27)22(18)17-6-3-2-4-7-17/h2-14H,15H2,1H3. The highest BCUT2D eigenvalue weighted by atomic mass is 19.4. The Bertz CT molecular complexity index is 1140. The maximum Gasteiger partial charge on any atom is 0.418 e. The van der Waals surface area contributed by atoms with Crippen molar-refractivity contribution in [3.8, 4) is 16.9 Å². The molecule has 2 nitrogen and oxygen atoms in total. The first-order chi connectivity index (χ1) is 13.9. The third-order valence-electron chi connectivity index (χ3n) is 4.76. The summed E-state index contributed by atoms with van der Waals surface area (Å²) in [6.07, 6.45) is -2.99. The molecule has 0 radical (unpaired) electrons. The summed E-state index contributed by atoms with van der Waals surface area (Å²) < 4.78 is 46.4.